The molecule has 2 heterocycles. The zero-order valence-corrected chi connectivity index (χ0v) is 19.9. The van der Waals surface area contributed by atoms with Gasteiger partial charge in [0.2, 0.25) is 5.91 Å². The largest absolute Gasteiger partial charge is 0.497 e. The number of hydrogen-bond donors (Lipinski definition) is 2. The third kappa shape index (κ3) is 4.21. The molecule has 1 aromatic heterocycles. The van der Waals surface area contributed by atoms with Gasteiger partial charge in [-0.15, -0.1) is 0 Å². The molecule has 2 N–H and O–H groups in total. The summed E-state index contributed by atoms with van der Waals surface area (Å²) in [6.07, 6.45) is 0.425. The van der Waals surface area contributed by atoms with Gasteiger partial charge in [-0.3, -0.25) is 4.79 Å². The first-order valence-corrected chi connectivity index (χ1v) is 11.7. The summed E-state index contributed by atoms with van der Waals surface area (Å²) in [5, 5.41) is 8.12. The van der Waals surface area contributed by atoms with Crippen molar-refractivity contribution in [2.75, 3.05) is 24.3 Å². The van der Waals surface area contributed by atoms with E-state index in [4.69, 9.17) is 4.74 Å². The van der Waals surface area contributed by atoms with Crippen LogP contribution in [0.3, 0.4) is 0 Å². The predicted molar refractivity (Wildman–Crippen MR) is 140 cm³/mol. The molecule has 1 atom stereocenters. The average molecular weight is 469 g/mol. The average Bonchev–Trinajstić information content (AvgIpc) is 3.42. The Morgan fingerprint density at radius 2 is 1.74 bits per heavy atom. The van der Waals surface area contributed by atoms with Gasteiger partial charge >= 0.3 is 6.03 Å². The van der Waals surface area contributed by atoms with Crippen LogP contribution in [0.25, 0.3) is 21.8 Å². The second-order valence-corrected chi connectivity index (χ2v) is 8.74. The van der Waals surface area contributed by atoms with E-state index in [1.165, 1.54) is 10.4 Å². The Morgan fingerprint density at radius 3 is 2.54 bits per heavy atom. The quantitative estimate of drug-likeness (QED) is 0.373. The molecule has 0 spiro atoms. The van der Waals surface area contributed by atoms with E-state index in [1.807, 2.05) is 30.3 Å². The number of benzene rings is 3. The number of nitrogens with one attached hydrogen (secondary N) is 2. The number of nitrogens with zero attached hydrogens (tertiary/aromatic N) is 2. The van der Waals surface area contributed by atoms with Gasteiger partial charge in [0.15, 0.2) is 0 Å². The molecular formula is C28H28N4O3. The van der Waals surface area contributed by atoms with Crippen LogP contribution in [0.4, 0.5) is 16.2 Å². The van der Waals surface area contributed by atoms with Gasteiger partial charge in [-0.2, -0.15) is 0 Å². The van der Waals surface area contributed by atoms with Gasteiger partial charge in [-0.25, -0.2) is 4.79 Å². The van der Waals surface area contributed by atoms with Crippen LogP contribution in [-0.4, -0.2) is 41.1 Å². The first-order chi connectivity index (χ1) is 17.0. The second kappa shape index (κ2) is 9.18. The molecule has 3 aromatic carbocycles. The highest BCUT2D eigenvalue weighted by atomic mass is 16.5. The van der Waals surface area contributed by atoms with Crippen LogP contribution in [0.1, 0.15) is 13.3 Å². The topological polar surface area (TPSA) is 75.6 Å². The Bertz CT molecular complexity index is 1460. The van der Waals surface area contributed by atoms with Crippen molar-refractivity contribution in [2.24, 2.45) is 0 Å². The van der Waals surface area contributed by atoms with E-state index in [0.717, 1.165) is 28.4 Å². The Labute approximate surface area is 204 Å². The highest BCUT2D eigenvalue weighted by Crippen LogP contribution is 2.31. The maximum absolute atomic E-state index is 13.3. The normalized spacial score (nSPS) is 15.5. The van der Waals surface area contributed by atoms with E-state index in [0.29, 0.717) is 30.1 Å². The minimum absolute atomic E-state index is 0.233. The Hall–Kier alpha value is -4.26. The molecule has 1 aliphatic heterocycles. The fourth-order valence-corrected chi connectivity index (χ4v) is 4.84. The number of carbonyl (C=O) groups is 2. The van der Waals surface area contributed by atoms with E-state index in [-0.39, 0.29) is 11.9 Å². The van der Waals surface area contributed by atoms with Gasteiger partial charge in [0, 0.05) is 52.3 Å². The number of fused-ring (bicyclic) bond motifs is 3. The Balaban J connectivity index is 1.37. The van der Waals surface area contributed by atoms with Crippen molar-refractivity contribution < 1.29 is 14.3 Å². The molecule has 1 unspecified atom stereocenters. The fraction of sp³-hybridized carbons (Fsp3) is 0.214. The van der Waals surface area contributed by atoms with Crippen molar-refractivity contribution in [2.45, 2.75) is 25.9 Å². The summed E-state index contributed by atoms with van der Waals surface area (Å²) in [6.45, 7) is 7.34. The standard InChI is InChI=1S/C28H28N4O3/c1-4-31-24-11-6-5-10-22(24)23-16-20(12-13-25(23)31)29-27(33)26-14-18(2)17-32(26)28(34)30-19-8-7-9-21(15-19)35-3/h5-13,15-16,26H,2,4,14,17H2,1,3H3,(H,29,33)(H,30,34). The molecule has 1 aliphatic rings. The summed E-state index contributed by atoms with van der Waals surface area (Å²) < 4.78 is 7.49. The molecule has 7 nitrogen and oxygen atoms in total. The summed E-state index contributed by atoms with van der Waals surface area (Å²) in [5.41, 5.74) is 4.43. The van der Waals surface area contributed by atoms with E-state index in [9.17, 15) is 9.59 Å². The van der Waals surface area contributed by atoms with E-state index >= 15 is 0 Å². The zero-order chi connectivity index (χ0) is 24.5. The highest BCUT2D eigenvalue weighted by molar-refractivity contribution is 6.10. The molecule has 4 aromatic rings. The van der Waals surface area contributed by atoms with Gasteiger partial charge in [0.05, 0.1) is 7.11 Å². The lowest BCUT2D eigenvalue weighted by Crippen LogP contribution is -2.45. The molecule has 0 radical (unpaired) electrons. The van der Waals surface area contributed by atoms with Crippen molar-refractivity contribution in [3.05, 3.63) is 78.9 Å². The number of urea groups is 1. The van der Waals surface area contributed by atoms with Gasteiger partial charge in [0.25, 0.3) is 0 Å². The molecule has 0 bridgehead atoms. The minimum atomic E-state index is -0.638. The van der Waals surface area contributed by atoms with Gasteiger partial charge in [-0.1, -0.05) is 36.4 Å². The number of aryl methyl sites for hydroxylation is 1. The predicted octanol–water partition coefficient (Wildman–Crippen LogP) is 5.62. The van der Waals surface area contributed by atoms with Crippen LogP contribution in [-0.2, 0) is 11.3 Å². The molecule has 3 amide bonds. The van der Waals surface area contributed by atoms with Crippen molar-refractivity contribution in [1.29, 1.82) is 0 Å². The summed E-state index contributed by atoms with van der Waals surface area (Å²) >= 11 is 0. The molecule has 0 saturated carbocycles. The summed E-state index contributed by atoms with van der Waals surface area (Å²) in [7, 11) is 1.57. The fourth-order valence-electron chi connectivity index (χ4n) is 4.84. The van der Waals surface area contributed by atoms with E-state index < -0.39 is 6.04 Å². The highest BCUT2D eigenvalue weighted by Gasteiger charge is 2.36. The molecule has 7 heteroatoms. The number of carbonyl (C=O) groups excluding carboxylic acids is 2. The van der Waals surface area contributed by atoms with Crippen molar-refractivity contribution in [1.82, 2.24) is 9.47 Å². The summed E-state index contributed by atoms with van der Waals surface area (Å²) in [6, 6.07) is 20.4. The number of ether oxygens (including phenoxy) is 1. The summed E-state index contributed by atoms with van der Waals surface area (Å²) in [5.74, 6) is 0.408. The van der Waals surface area contributed by atoms with E-state index in [2.05, 4.69) is 40.8 Å². The first kappa shape index (κ1) is 22.5. The SMILES string of the molecule is C=C1CC(C(=O)Nc2ccc3c(c2)c2ccccc2n3CC)N(C(=O)Nc2cccc(OC)c2)C1. The number of hydrogen-bond acceptors (Lipinski definition) is 3. The lowest BCUT2D eigenvalue weighted by Gasteiger charge is -2.24. The van der Waals surface area contributed by atoms with Crippen molar-refractivity contribution >= 4 is 45.1 Å². The number of rotatable bonds is 5. The summed E-state index contributed by atoms with van der Waals surface area (Å²) in [4.78, 5) is 27.9. The lowest BCUT2D eigenvalue weighted by molar-refractivity contribution is -0.119. The van der Waals surface area contributed by atoms with Gasteiger partial charge in [0.1, 0.15) is 11.8 Å². The molecule has 178 valence electrons. The van der Waals surface area contributed by atoms with Crippen LogP contribution in [0.2, 0.25) is 0 Å². The number of anilines is 2. The molecule has 35 heavy (non-hydrogen) atoms. The number of amides is 3. The number of methoxy groups -OCH3 is 1. The molecule has 1 fully saturated rings. The van der Waals surface area contributed by atoms with Crippen LogP contribution in [0.5, 0.6) is 5.75 Å². The van der Waals surface area contributed by atoms with E-state index in [1.54, 1.807) is 31.4 Å². The lowest BCUT2D eigenvalue weighted by atomic mass is 10.1. The van der Waals surface area contributed by atoms with Crippen LogP contribution in [0, 0.1) is 0 Å². The molecule has 0 aliphatic carbocycles. The maximum atomic E-state index is 13.3. The first-order valence-electron chi connectivity index (χ1n) is 11.7. The van der Waals surface area contributed by atoms with Crippen LogP contribution < -0.4 is 15.4 Å². The van der Waals surface area contributed by atoms with Gasteiger partial charge < -0.3 is 24.8 Å². The van der Waals surface area contributed by atoms with Crippen LogP contribution >= 0.6 is 0 Å². The second-order valence-electron chi connectivity index (χ2n) is 8.74. The monoisotopic (exact) mass is 468 g/mol. The molecular weight excluding hydrogens is 440 g/mol. The Kier molecular flexibility index (Phi) is 5.91. The van der Waals surface area contributed by atoms with Gasteiger partial charge in [-0.05, 0) is 49.7 Å². The van der Waals surface area contributed by atoms with Crippen LogP contribution in [0.15, 0.2) is 78.9 Å². The Morgan fingerprint density at radius 1 is 0.971 bits per heavy atom. The zero-order valence-electron chi connectivity index (χ0n) is 19.9. The van der Waals surface area contributed by atoms with Crippen molar-refractivity contribution in [3.8, 4) is 5.75 Å². The van der Waals surface area contributed by atoms with Crippen molar-refractivity contribution in [3.63, 3.8) is 0 Å². The number of likely N-dealkylation sites (tertiary alicyclic amines) is 1. The number of aromatic nitrogens is 1. The maximum Gasteiger partial charge on any atom is 0.322 e. The number of para-hydroxylation sites is 1. The molecule has 1 saturated heterocycles. The smallest absolute Gasteiger partial charge is 0.322 e. The third-order valence-electron chi connectivity index (χ3n) is 6.49. The third-order valence-corrected chi connectivity index (χ3v) is 6.49. The minimum Gasteiger partial charge on any atom is -0.497 e. The molecule has 5 rings (SSSR count).